The lowest BCUT2D eigenvalue weighted by molar-refractivity contribution is -0.144. The molecule has 1 rings (SSSR count). The van der Waals surface area contributed by atoms with Crippen LogP contribution >= 0.6 is 12.4 Å². The molecule has 2 N–H and O–H groups in total. The molecule has 15 heavy (non-hydrogen) atoms. The first-order valence-electron chi connectivity index (χ1n) is 5.27. The molecule has 0 aliphatic carbocycles. The van der Waals surface area contributed by atoms with Gasteiger partial charge in [0.2, 0.25) is 0 Å². The quantitative estimate of drug-likeness (QED) is 0.731. The lowest BCUT2D eigenvalue weighted by atomic mass is 9.95. The summed E-state index contributed by atoms with van der Waals surface area (Å²) in [6, 6.07) is 0.286. The van der Waals surface area contributed by atoms with Crippen LogP contribution in [0.5, 0.6) is 0 Å². The number of esters is 1. The van der Waals surface area contributed by atoms with Crippen molar-refractivity contribution in [3.05, 3.63) is 0 Å². The van der Waals surface area contributed by atoms with Crippen LogP contribution in [-0.2, 0) is 9.53 Å². The Morgan fingerprint density at radius 1 is 1.60 bits per heavy atom. The van der Waals surface area contributed by atoms with E-state index in [-0.39, 0.29) is 24.4 Å². The van der Waals surface area contributed by atoms with E-state index in [9.17, 15) is 4.79 Å². The van der Waals surface area contributed by atoms with Crippen molar-refractivity contribution in [3.63, 3.8) is 0 Å². The minimum atomic E-state index is -0.129. The fourth-order valence-electron chi connectivity index (χ4n) is 1.78. The molecule has 0 aromatic carbocycles. The van der Waals surface area contributed by atoms with Crippen molar-refractivity contribution < 1.29 is 9.53 Å². The molecule has 2 unspecified atom stereocenters. The van der Waals surface area contributed by atoms with Gasteiger partial charge in [-0.2, -0.15) is 0 Å². The Kier molecular flexibility index (Phi) is 6.89. The number of nitrogens with two attached hydrogens (primary N) is 1. The van der Waals surface area contributed by atoms with Crippen molar-refractivity contribution in [3.8, 4) is 0 Å². The molecule has 1 aliphatic heterocycles. The molecule has 2 atom stereocenters. The average Bonchev–Trinajstić information content (AvgIpc) is 2.12. The molecule has 0 amide bonds. The Morgan fingerprint density at radius 3 is 2.80 bits per heavy atom. The molecule has 1 fully saturated rings. The van der Waals surface area contributed by atoms with E-state index in [1.807, 2.05) is 6.92 Å². The minimum absolute atomic E-state index is 0. The minimum Gasteiger partial charge on any atom is -0.465 e. The number of ether oxygens (including phenoxy) is 1. The molecule has 0 saturated carbocycles. The third-order valence-electron chi connectivity index (χ3n) is 2.71. The number of rotatable bonds is 3. The molecular weight excluding hydrogens is 216 g/mol. The van der Waals surface area contributed by atoms with Crippen LogP contribution in [0.4, 0.5) is 0 Å². The fourth-order valence-corrected chi connectivity index (χ4v) is 1.78. The highest BCUT2D eigenvalue weighted by Gasteiger charge is 2.24. The lowest BCUT2D eigenvalue weighted by Crippen LogP contribution is -2.47. The van der Waals surface area contributed by atoms with Gasteiger partial charge in [0.25, 0.3) is 0 Å². The first kappa shape index (κ1) is 14.7. The molecule has 1 aliphatic rings. The van der Waals surface area contributed by atoms with Crippen LogP contribution in [0, 0.1) is 5.92 Å². The topological polar surface area (TPSA) is 55.6 Å². The van der Waals surface area contributed by atoms with E-state index in [1.165, 1.54) is 0 Å². The summed E-state index contributed by atoms with van der Waals surface area (Å²) in [5, 5.41) is 0. The van der Waals surface area contributed by atoms with Gasteiger partial charge in [0.15, 0.2) is 0 Å². The molecule has 1 saturated heterocycles. The van der Waals surface area contributed by atoms with Gasteiger partial charge in [0.1, 0.15) is 0 Å². The molecule has 4 nitrogen and oxygen atoms in total. The van der Waals surface area contributed by atoms with Gasteiger partial charge < -0.3 is 10.5 Å². The van der Waals surface area contributed by atoms with Gasteiger partial charge in [0.05, 0.1) is 13.2 Å². The fraction of sp³-hybridized carbons (Fsp3) is 0.900. The van der Waals surface area contributed by atoms with Crippen LogP contribution in [0.1, 0.15) is 20.3 Å². The van der Waals surface area contributed by atoms with Crippen molar-refractivity contribution >= 4 is 18.4 Å². The molecule has 5 heteroatoms. The van der Waals surface area contributed by atoms with Gasteiger partial charge in [-0.25, -0.2) is 0 Å². The number of hydrogen-bond acceptors (Lipinski definition) is 4. The second-order valence-electron chi connectivity index (χ2n) is 3.97. The first-order valence-corrected chi connectivity index (χ1v) is 5.27. The summed E-state index contributed by atoms with van der Waals surface area (Å²) in [4.78, 5) is 13.3. The van der Waals surface area contributed by atoms with Gasteiger partial charge in [-0.15, -0.1) is 12.4 Å². The normalized spacial score (nSPS) is 26.9. The Balaban J connectivity index is 0.00000196. The van der Waals surface area contributed by atoms with Crippen LogP contribution in [0.2, 0.25) is 0 Å². The largest absolute Gasteiger partial charge is 0.465 e. The molecular formula is C10H21ClN2O2. The predicted octanol–water partition coefficient (Wildman–Crippen LogP) is 0.640. The molecule has 0 bridgehead atoms. The zero-order valence-electron chi connectivity index (χ0n) is 9.44. The predicted molar refractivity (Wildman–Crippen MR) is 62.1 cm³/mol. The summed E-state index contributed by atoms with van der Waals surface area (Å²) in [5.74, 6) is 0.341. The smallest absolute Gasteiger partial charge is 0.320 e. The molecule has 0 spiro atoms. The monoisotopic (exact) mass is 236 g/mol. The van der Waals surface area contributed by atoms with E-state index in [4.69, 9.17) is 10.5 Å². The number of hydrogen-bond donors (Lipinski definition) is 1. The van der Waals surface area contributed by atoms with Gasteiger partial charge in [-0.3, -0.25) is 9.69 Å². The van der Waals surface area contributed by atoms with E-state index >= 15 is 0 Å². The highest BCUT2D eigenvalue weighted by Crippen LogP contribution is 2.14. The maximum atomic E-state index is 11.2. The van der Waals surface area contributed by atoms with Gasteiger partial charge in [0, 0.05) is 19.1 Å². The first-order chi connectivity index (χ1) is 6.63. The summed E-state index contributed by atoms with van der Waals surface area (Å²) >= 11 is 0. The van der Waals surface area contributed by atoms with Crippen molar-refractivity contribution in [2.75, 3.05) is 26.2 Å². The van der Waals surface area contributed by atoms with Crippen molar-refractivity contribution in [1.82, 2.24) is 4.90 Å². The van der Waals surface area contributed by atoms with Gasteiger partial charge in [-0.05, 0) is 19.3 Å². The Morgan fingerprint density at radius 2 is 2.27 bits per heavy atom. The molecule has 0 aromatic heterocycles. The number of carbonyl (C=O) groups is 1. The van der Waals surface area contributed by atoms with E-state index in [0.29, 0.717) is 19.1 Å². The highest BCUT2D eigenvalue weighted by atomic mass is 35.5. The molecule has 1 heterocycles. The maximum Gasteiger partial charge on any atom is 0.320 e. The summed E-state index contributed by atoms with van der Waals surface area (Å²) in [5.41, 5.74) is 5.89. The van der Waals surface area contributed by atoms with Crippen LogP contribution in [0.25, 0.3) is 0 Å². The SMILES string of the molecule is CCOC(=O)CN1CCC(N)C(C)C1.Cl. The summed E-state index contributed by atoms with van der Waals surface area (Å²) in [6.07, 6.45) is 0.973. The van der Waals surface area contributed by atoms with E-state index in [0.717, 1.165) is 19.5 Å². The van der Waals surface area contributed by atoms with E-state index < -0.39 is 0 Å². The maximum absolute atomic E-state index is 11.2. The zero-order valence-corrected chi connectivity index (χ0v) is 10.3. The number of halogens is 1. The standard InChI is InChI=1S/C10H20N2O2.ClH/c1-3-14-10(13)7-12-5-4-9(11)8(2)6-12;/h8-9H,3-7,11H2,1-2H3;1H. The summed E-state index contributed by atoms with van der Waals surface area (Å²) in [7, 11) is 0. The van der Waals surface area contributed by atoms with Crippen LogP contribution in [0.3, 0.4) is 0 Å². The van der Waals surface area contributed by atoms with Crippen LogP contribution in [0.15, 0.2) is 0 Å². The number of carbonyl (C=O) groups excluding carboxylic acids is 1. The third kappa shape index (κ3) is 4.82. The summed E-state index contributed by atoms with van der Waals surface area (Å²) in [6.45, 7) is 6.63. The van der Waals surface area contributed by atoms with Crippen molar-refractivity contribution in [1.29, 1.82) is 0 Å². The average molecular weight is 237 g/mol. The molecule has 0 radical (unpaired) electrons. The Labute approximate surface area is 97.5 Å². The third-order valence-corrected chi connectivity index (χ3v) is 2.71. The lowest BCUT2D eigenvalue weighted by Gasteiger charge is -2.34. The Bertz CT molecular complexity index is 202. The summed E-state index contributed by atoms with van der Waals surface area (Å²) < 4.78 is 4.89. The van der Waals surface area contributed by atoms with Crippen LogP contribution in [-0.4, -0.2) is 43.2 Å². The number of piperidine rings is 1. The second kappa shape index (κ2) is 7.04. The van der Waals surface area contributed by atoms with Gasteiger partial charge >= 0.3 is 5.97 Å². The van der Waals surface area contributed by atoms with Gasteiger partial charge in [-0.1, -0.05) is 6.92 Å². The van der Waals surface area contributed by atoms with Crippen molar-refractivity contribution in [2.45, 2.75) is 26.3 Å². The zero-order chi connectivity index (χ0) is 10.6. The number of likely N-dealkylation sites (tertiary alicyclic amines) is 1. The van der Waals surface area contributed by atoms with E-state index in [1.54, 1.807) is 0 Å². The van der Waals surface area contributed by atoms with Crippen LogP contribution < -0.4 is 5.73 Å². The van der Waals surface area contributed by atoms with E-state index in [2.05, 4.69) is 11.8 Å². The second-order valence-corrected chi connectivity index (χ2v) is 3.97. The Hall–Kier alpha value is -0.320. The molecule has 0 aromatic rings. The molecule has 90 valence electrons. The number of nitrogens with zero attached hydrogens (tertiary/aromatic N) is 1. The highest BCUT2D eigenvalue weighted by molar-refractivity contribution is 5.85. The van der Waals surface area contributed by atoms with Crippen molar-refractivity contribution in [2.24, 2.45) is 11.7 Å².